The van der Waals surface area contributed by atoms with E-state index in [4.69, 9.17) is 4.74 Å². The summed E-state index contributed by atoms with van der Waals surface area (Å²) >= 11 is 3.63. The van der Waals surface area contributed by atoms with Gasteiger partial charge in [0.25, 0.3) is 0 Å². The van der Waals surface area contributed by atoms with Crippen LogP contribution >= 0.6 is 15.9 Å². The number of halogens is 1. The van der Waals surface area contributed by atoms with Crippen molar-refractivity contribution in [3.8, 4) is 28.0 Å². The van der Waals surface area contributed by atoms with Gasteiger partial charge in [-0.2, -0.15) is 0 Å². The van der Waals surface area contributed by atoms with E-state index in [1.54, 1.807) is 0 Å². The summed E-state index contributed by atoms with van der Waals surface area (Å²) in [6.45, 7) is 6.23. The third kappa shape index (κ3) is 2.99. The Kier molecular flexibility index (Phi) is 4.52. The molecule has 0 amide bonds. The van der Waals surface area contributed by atoms with Gasteiger partial charge < -0.3 is 4.74 Å². The highest BCUT2D eigenvalue weighted by Crippen LogP contribution is 2.51. The number of allylic oxidation sites excluding steroid dienone is 2. The zero-order chi connectivity index (χ0) is 20.0. The first-order valence-corrected chi connectivity index (χ1v) is 10.6. The topological polar surface area (TPSA) is 9.23 Å². The molecule has 2 heteroatoms. The van der Waals surface area contributed by atoms with E-state index in [1.807, 2.05) is 6.08 Å². The van der Waals surface area contributed by atoms with E-state index >= 15 is 0 Å². The first-order valence-electron chi connectivity index (χ1n) is 9.84. The summed E-state index contributed by atoms with van der Waals surface area (Å²) in [4.78, 5) is 0. The molecule has 0 aromatic heterocycles. The predicted octanol–water partition coefficient (Wildman–Crippen LogP) is 7.71. The van der Waals surface area contributed by atoms with E-state index in [0.29, 0.717) is 0 Å². The molecule has 29 heavy (non-hydrogen) atoms. The lowest BCUT2D eigenvalue weighted by molar-refractivity contribution is 0.269. The summed E-state index contributed by atoms with van der Waals surface area (Å²) in [7, 11) is 0. The van der Waals surface area contributed by atoms with Crippen LogP contribution in [0, 0.1) is 6.92 Å². The number of benzene rings is 3. The fourth-order valence-electron chi connectivity index (χ4n) is 4.45. The second kappa shape index (κ2) is 7.20. The van der Waals surface area contributed by atoms with E-state index < -0.39 is 0 Å². The first kappa shape index (κ1) is 18.2. The Morgan fingerprint density at radius 1 is 0.966 bits per heavy atom. The summed E-state index contributed by atoms with van der Waals surface area (Å²) in [5.74, 6) is 1.25. The molecule has 0 saturated carbocycles. The lowest BCUT2D eigenvalue weighted by Gasteiger charge is -2.19. The molecule has 142 valence electrons. The Hall–Kier alpha value is -2.84. The summed E-state index contributed by atoms with van der Waals surface area (Å²) < 4.78 is 7.59. The Labute approximate surface area is 180 Å². The molecule has 1 nitrogen and oxygen atoms in total. The molecule has 0 bridgehead atoms. The molecule has 1 aliphatic carbocycles. The SMILES string of the molecule is C=Cc1ccccc1-c1c(C)c(-c2cccc(Br)c2)cc2c1OC1C=CC=CC21. The summed E-state index contributed by atoms with van der Waals surface area (Å²) in [5, 5.41) is 0. The Morgan fingerprint density at radius 2 is 1.79 bits per heavy atom. The van der Waals surface area contributed by atoms with E-state index in [9.17, 15) is 0 Å². The van der Waals surface area contributed by atoms with Gasteiger partial charge in [-0.3, -0.25) is 0 Å². The molecule has 0 fully saturated rings. The van der Waals surface area contributed by atoms with Gasteiger partial charge in [0.2, 0.25) is 0 Å². The van der Waals surface area contributed by atoms with Gasteiger partial charge in [-0.05, 0) is 59.0 Å². The van der Waals surface area contributed by atoms with Crippen molar-refractivity contribution >= 4 is 22.0 Å². The standard InChI is InChI=1S/C27H21BrO/c1-3-18-9-4-5-12-21(18)26-17(2)23(19-10-8-11-20(28)15-19)16-24-22-13-6-7-14-25(22)29-27(24)26/h3-16,22,25H,1H2,2H3. The van der Waals surface area contributed by atoms with Crippen LogP contribution < -0.4 is 4.74 Å². The molecular weight excluding hydrogens is 420 g/mol. The zero-order valence-electron chi connectivity index (χ0n) is 16.2. The van der Waals surface area contributed by atoms with E-state index in [1.165, 1.54) is 33.4 Å². The van der Waals surface area contributed by atoms with Crippen molar-refractivity contribution < 1.29 is 4.74 Å². The van der Waals surface area contributed by atoms with Gasteiger partial charge in [-0.1, -0.05) is 83.2 Å². The van der Waals surface area contributed by atoms with Crippen molar-refractivity contribution in [3.05, 3.63) is 107 Å². The predicted molar refractivity (Wildman–Crippen MR) is 125 cm³/mol. The molecule has 0 N–H and O–H groups in total. The highest BCUT2D eigenvalue weighted by atomic mass is 79.9. The molecule has 0 saturated heterocycles. The molecule has 5 rings (SSSR count). The largest absolute Gasteiger partial charge is 0.484 e. The van der Waals surface area contributed by atoms with Gasteiger partial charge in [0.15, 0.2) is 0 Å². The number of ether oxygens (including phenoxy) is 1. The lowest BCUT2D eigenvalue weighted by atomic mass is 9.84. The van der Waals surface area contributed by atoms with Crippen LogP contribution in [0.3, 0.4) is 0 Å². The smallest absolute Gasteiger partial charge is 0.132 e. The maximum absolute atomic E-state index is 6.51. The van der Waals surface area contributed by atoms with Crippen molar-refractivity contribution in [2.24, 2.45) is 0 Å². The minimum absolute atomic E-state index is 0.0572. The molecule has 3 aromatic rings. The monoisotopic (exact) mass is 440 g/mol. The highest BCUT2D eigenvalue weighted by Gasteiger charge is 2.36. The molecular formula is C27H21BrO. The van der Waals surface area contributed by atoms with Gasteiger partial charge in [-0.25, -0.2) is 0 Å². The summed E-state index contributed by atoms with van der Waals surface area (Å²) in [6, 6.07) is 19.3. The van der Waals surface area contributed by atoms with E-state index in [0.717, 1.165) is 15.8 Å². The first-order chi connectivity index (χ1) is 14.2. The van der Waals surface area contributed by atoms with Crippen LogP contribution in [0.1, 0.15) is 22.6 Å². The minimum Gasteiger partial charge on any atom is -0.484 e. The van der Waals surface area contributed by atoms with Crippen molar-refractivity contribution in [1.29, 1.82) is 0 Å². The molecule has 0 radical (unpaired) electrons. The normalized spacial score (nSPS) is 18.8. The van der Waals surface area contributed by atoms with Gasteiger partial charge in [0.1, 0.15) is 11.9 Å². The van der Waals surface area contributed by atoms with Gasteiger partial charge in [-0.15, -0.1) is 0 Å². The highest BCUT2D eigenvalue weighted by molar-refractivity contribution is 9.10. The van der Waals surface area contributed by atoms with Crippen molar-refractivity contribution in [1.82, 2.24) is 0 Å². The number of hydrogen-bond acceptors (Lipinski definition) is 1. The number of rotatable bonds is 3. The van der Waals surface area contributed by atoms with Crippen LogP contribution in [0.5, 0.6) is 5.75 Å². The molecule has 3 aromatic carbocycles. The Balaban J connectivity index is 1.83. The van der Waals surface area contributed by atoms with E-state index in [2.05, 4.69) is 108 Å². The quantitative estimate of drug-likeness (QED) is 0.405. The third-order valence-electron chi connectivity index (χ3n) is 5.85. The maximum Gasteiger partial charge on any atom is 0.132 e. The van der Waals surface area contributed by atoms with Crippen LogP contribution in [0.25, 0.3) is 28.3 Å². The second-order valence-electron chi connectivity index (χ2n) is 7.52. The van der Waals surface area contributed by atoms with Crippen LogP contribution in [-0.2, 0) is 0 Å². The molecule has 2 atom stereocenters. The zero-order valence-corrected chi connectivity index (χ0v) is 17.8. The molecule has 2 unspecified atom stereocenters. The van der Waals surface area contributed by atoms with Gasteiger partial charge in [0.05, 0.1) is 0 Å². The van der Waals surface area contributed by atoms with E-state index in [-0.39, 0.29) is 12.0 Å². The van der Waals surface area contributed by atoms with Crippen molar-refractivity contribution in [2.45, 2.75) is 18.9 Å². The minimum atomic E-state index is 0.0572. The Bertz CT molecular complexity index is 1190. The number of fused-ring (bicyclic) bond motifs is 3. The average molecular weight is 441 g/mol. The second-order valence-corrected chi connectivity index (χ2v) is 8.44. The number of hydrogen-bond donors (Lipinski definition) is 0. The van der Waals surface area contributed by atoms with Crippen LogP contribution in [0.2, 0.25) is 0 Å². The summed E-state index contributed by atoms with van der Waals surface area (Å²) in [5.41, 5.74) is 8.38. The van der Waals surface area contributed by atoms with Crippen LogP contribution in [0.15, 0.2) is 90.0 Å². The van der Waals surface area contributed by atoms with Crippen molar-refractivity contribution in [3.63, 3.8) is 0 Å². The van der Waals surface area contributed by atoms with Gasteiger partial charge in [0, 0.05) is 21.5 Å². The Morgan fingerprint density at radius 3 is 2.62 bits per heavy atom. The van der Waals surface area contributed by atoms with Crippen molar-refractivity contribution in [2.75, 3.05) is 0 Å². The fraction of sp³-hybridized carbons (Fsp3) is 0.111. The lowest BCUT2D eigenvalue weighted by Crippen LogP contribution is -2.15. The van der Waals surface area contributed by atoms with Gasteiger partial charge >= 0.3 is 0 Å². The molecule has 0 spiro atoms. The van der Waals surface area contributed by atoms with Crippen LogP contribution in [0.4, 0.5) is 0 Å². The fourth-order valence-corrected chi connectivity index (χ4v) is 4.85. The molecule has 2 aliphatic rings. The maximum atomic E-state index is 6.51. The summed E-state index contributed by atoms with van der Waals surface area (Å²) in [6.07, 6.45) is 10.6. The average Bonchev–Trinajstić information content (AvgIpc) is 3.11. The third-order valence-corrected chi connectivity index (χ3v) is 6.34. The molecule has 1 heterocycles. The van der Waals surface area contributed by atoms with Crippen LogP contribution in [-0.4, -0.2) is 6.10 Å². The molecule has 1 aliphatic heterocycles.